The number of hydrogen-bond donors (Lipinski definition) is 2. The van der Waals surface area contributed by atoms with Gasteiger partial charge in [0.05, 0.1) is 11.8 Å². The summed E-state index contributed by atoms with van der Waals surface area (Å²) in [7, 11) is 0. The summed E-state index contributed by atoms with van der Waals surface area (Å²) < 4.78 is 18.9. The largest absolute Gasteiger partial charge is 0.489 e. The first-order valence-electron chi connectivity index (χ1n) is 6.98. The van der Waals surface area contributed by atoms with E-state index in [2.05, 4.69) is 5.32 Å². The van der Waals surface area contributed by atoms with Gasteiger partial charge >= 0.3 is 0 Å². The average molecular weight is 317 g/mol. The molecule has 21 heavy (non-hydrogen) atoms. The predicted octanol–water partition coefficient (Wildman–Crippen LogP) is 3.10. The second-order valence-corrected chi connectivity index (χ2v) is 5.57. The minimum Gasteiger partial charge on any atom is -0.489 e. The highest BCUT2D eigenvalue weighted by Crippen LogP contribution is 2.30. The highest BCUT2D eigenvalue weighted by atomic mass is 35.5. The van der Waals surface area contributed by atoms with Crippen LogP contribution in [0.25, 0.3) is 0 Å². The van der Waals surface area contributed by atoms with Gasteiger partial charge in [-0.1, -0.05) is 0 Å². The third-order valence-electron chi connectivity index (χ3n) is 3.41. The summed E-state index contributed by atoms with van der Waals surface area (Å²) in [5.41, 5.74) is 6.19. The van der Waals surface area contributed by atoms with Gasteiger partial charge in [0.15, 0.2) is 0 Å². The van der Waals surface area contributed by atoms with Crippen molar-refractivity contribution in [1.82, 2.24) is 0 Å². The maximum atomic E-state index is 13.3. The molecule has 1 aliphatic carbocycles. The van der Waals surface area contributed by atoms with Gasteiger partial charge in [-0.25, -0.2) is 4.39 Å². The van der Waals surface area contributed by atoms with Crippen LogP contribution in [0.5, 0.6) is 5.75 Å². The summed E-state index contributed by atoms with van der Waals surface area (Å²) in [5.74, 6) is -0.131. The summed E-state index contributed by atoms with van der Waals surface area (Å²) in [6.07, 6.45) is 2.27. The molecule has 4 nitrogen and oxygen atoms in total. The van der Waals surface area contributed by atoms with Crippen LogP contribution in [0.1, 0.15) is 33.1 Å². The maximum absolute atomic E-state index is 13.3. The molecule has 0 spiro atoms. The van der Waals surface area contributed by atoms with Crippen LogP contribution in [-0.4, -0.2) is 18.1 Å². The zero-order chi connectivity index (χ0) is 14.7. The number of hydrogen-bond acceptors (Lipinski definition) is 3. The molecule has 1 fully saturated rings. The number of benzene rings is 1. The van der Waals surface area contributed by atoms with Crippen molar-refractivity contribution >= 4 is 24.0 Å². The van der Waals surface area contributed by atoms with Crippen molar-refractivity contribution in [2.45, 2.75) is 45.3 Å². The fourth-order valence-corrected chi connectivity index (χ4v) is 2.45. The standard InChI is InChI=1S/C15H21FN2O2.ClH/c1-9(2)20-14-6-4-11(16)8-13(14)18-15(19)10-3-5-12(17)7-10;/h4,6,8-10,12H,3,5,7,17H2,1-2H3,(H,18,19);1H. The SMILES string of the molecule is CC(C)Oc1ccc(F)cc1NC(=O)C1CCC(N)C1.Cl. The molecule has 2 rings (SSSR count). The molecule has 3 N–H and O–H groups in total. The Balaban J connectivity index is 0.00000220. The Morgan fingerprint density at radius 2 is 2.14 bits per heavy atom. The molecule has 6 heteroatoms. The van der Waals surface area contributed by atoms with Crippen LogP contribution in [0, 0.1) is 11.7 Å². The second-order valence-electron chi connectivity index (χ2n) is 5.57. The molecule has 1 saturated carbocycles. The summed E-state index contributed by atoms with van der Waals surface area (Å²) in [6.45, 7) is 3.76. The molecule has 0 radical (unpaired) electrons. The van der Waals surface area contributed by atoms with E-state index in [1.54, 1.807) is 0 Å². The Bertz CT molecular complexity index is 497. The van der Waals surface area contributed by atoms with Crippen LogP contribution in [-0.2, 0) is 4.79 Å². The monoisotopic (exact) mass is 316 g/mol. The van der Waals surface area contributed by atoms with Gasteiger partial charge in [0.1, 0.15) is 11.6 Å². The summed E-state index contributed by atoms with van der Waals surface area (Å²) in [6, 6.07) is 4.22. The van der Waals surface area contributed by atoms with Gasteiger partial charge in [-0.2, -0.15) is 0 Å². The maximum Gasteiger partial charge on any atom is 0.227 e. The first kappa shape index (κ1) is 17.7. The van der Waals surface area contributed by atoms with Gasteiger partial charge in [-0.05, 0) is 45.2 Å². The molecule has 1 amide bonds. The molecule has 0 heterocycles. The molecule has 1 aliphatic rings. The van der Waals surface area contributed by atoms with E-state index in [9.17, 15) is 9.18 Å². The first-order valence-corrected chi connectivity index (χ1v) is 6.98. The van der Waals surface area contributed by atoms with Crippen LogP contribution in [0.2, 0.25) is 0 Å². The molecule has 0 bridgehead atoms. The second kappa shape index (κ2) is 7.61. The number of halogens is 2. The Morgan fingerprint density at radius 3 is 2.71 bits per heavy atom. The van der Waals surface area contributed by atoms with Gasteiger partial charge in [-0.3, -0.25) is 4.79 Å². The van der Waals surface area contributed by atoms with Crippen LogP contribution < -0.4 is 15.8 Å². The number of ether oxygens (including phenoxy) is 1. The number of nitrogens with one attached hydrogen (secondary N) is 1. The molecular weight excluding hydrogens is 295 g/mol. The molecule has 1 aromatic rings. The third-order valence-corrected chi connectivity index (χ3v) is 3.41. The van der Waals surface area contributed by atoms with E-state index in [0.717, 1.165) is 12.8 Å². The molecule has 0 aliphatic heterocycles. The van der Waals surface area contributed by atoms with Crippen LogP contribution in [0.3, 0.4) is 0 Å². The smallest absolute Gasteiger partial charge is 0.227 e. The number of carbonyl (C=O) groups excluding carboxylic acids is 1. The van der Waals surface area contributed by atoms with Crippen molar-refractivity contribution in [3.63, 3.8) is 0 Å². The third kappa shape index (κ3) is 4.86. The van der Waals surface area contributed by atoms with Gasteiger partial charge in [0, 0.05) is 18.0 Å². The lowest BCUT2D eigenvalue weighted by molar-refractivity contribution is -0.119. The number of nitrogens with two attached hydrogens (primary N) is 1. The minimum absolute atomic E-state index is 0. The Morgan fingerprint density at radius 1 is 1.43 bits per heavy atom. The topological polar surface area (TPSA) is 64.3 Å². The normalized spacial score (nSPS) is 21.0. The van der Waals surface area contributed by atoms with Crippen molar-refractivity contribution in [3.05, 3.63) is 24.0 Å². The van der Waals surface area contributed by atoms with Crippen molar-refractivity contribution in [2.75, 3.05) is 5.32 Å². The average Bonchev–Trinajstić information content (AvgIpc) is 2.79. The summed E-state index contributed by atoms with van der Waals surface area (Å²) >= 11 is 0. The van der Waals surface area contributed by atoms with Gasteiger partial charge in [0.25, 0.3) is 0 Å². The van der Waals surface area contributed by atoms with E-state index >= 15 is 0 Å². The Labute approximate surface area is 130 Å². The number of rotatable bonds is 4. The number of carbonyl (C=O) groups is 1. The molecular formula is C15H22ClFN2O2. The van der Waals surface area contributed by atoms with Gasteiger partial charge in [-0.15, -0.1) is 12.4 Å². The Kier molecular flexibility index (Phi) is 6.42. The van der Waals surface area contributed by atoms with E-state index in [1.807, 2.05) is 13.8 Å². The van der Waals surface area contributed by atoms with Crippen molar-refractivity contribution in [1.29, 1.82) is 0 Å². The number of anilines is 1. The minimum atomic E-state index is -0.403. The highest BCUT2D eigenvalue weighted by Gasteiger charge is 2.28. The Hall–Kier alpha value is -1.33. The van der Waals surface area contributed by atoms with Crippen molar-refractivity contribution in [2.24, 2.45) is 11.7 Å². The van der Waals surface area contributed by atoms with E-state index in [0.29, 0.717) is 17.9 Å². The lowest BCUT2D eigenvalue weighted by Gasteiger charge is -2.16. The van der Waals surface area contributed by atoms with E-state index in [4.69, 9.17) is 10.5 Å². The molecule has 118 valence electrons. The first-order chi connectivity index (χ1) is 9.45. The van der Waals surface area contributed by atoms with Crippen molar-refractivity contribution < 1.29 is 13.9 Å². The highest BCUT2D eigenvalue weighted by molar-refractivity contribution is 5.94. The fourth-order valence-electron chi connectivity index (χ4n) is 2.45. The lowest BCUT2D eigenvalue weighted by atomic mass is 10.1. The van der Waals surface area contributed by atoms with Gasteiger partial charge in [0.2, 0.25) is 5.91 Å². The predicted molar refractivity (Wildman–Crippen MR) is 83.4 cm³/mol. The van der Waals surface area contributed by atoms with E-state index < -0.39 is 5.82 Å². The quantitative estimate of drug-likeness (QED) is 0.897. The molecule has 0 aromatic heterocycles. The van der Waals surface area contributed by atoms with Gasteiger partial charge < -0.3 is 15.8 Å². The lowest BCUT2D eigenvalue weighted by Crippen LogP contribution is -2.23. The van der Waals surface area contributed by atoms with Crippen LogP contribution in [0.4, 0.5) is 10.1 Å². The van der Waals surface area contributed by atoms with E-state index in [-0.39, 0.29) is 36.4 Å². The summed E-state index contributed by atoms with van der Waals surface area (Å²) in [4.78, 5) is 12.2. The molecule has 2 unspecified atom stereocenters. The van der Waals surface area contributed by atoms with Crippen LogP contribution >= 0.6 is 12.4 Å². The molecule has 1 aromatic carbocycles. The number of amides is 1. The summed E-state index contributed by atoms with van der Waals surface area (Å²) in [5, 5.41) is 2.76. The van der Waals surface area contributed by atoms with E-state index in [1.165, 1.54) is 18.2 Å². The zero-order valence-electron chi connectivity index (χ0n) is 12.3. The molecule has 2 atom stereocenters. The zero-order valence-corrected chi connectivity index (χ0v) is 13.1. The van der Waals surface area contributed by atoms with Crippen molar-refractivity contribution in [3.8, 4) is 5.75 Å². The van der Waals surface area contributed by atoms with Crippen LogP contribution in [0.15, 0.2) is 18.2 Å². The molecule has 0 saturated heterocycles. The fraction of sp³-hybridized carbons (Fsp3) is 0.533.